The number of carbonyl (C=O) groups excluding carboxylic acids is 1. The maximum Gasteiger partial charge on any atom is 0.330 e. The fourth-order valence-corrected chi connectivity index (χ4v) is 5.57. The molecule has 198 valence electrons. The van der Waals surface area contributed by atoms with Crippen LogP contribution >= 0.6 is 0 Å². The van der Waals surface area contributed by atoms with Gasteiger partial charge in [-0.2, -0.15) is 0 Å². The van der Waals surface area contributed by atoms with Crippen molar-refractivity contribution in [1.29, 1.82) is 0 Å². The van der Waals surface area contributed by atoms with E-state index in [1.54, 1.807) is 12.2 Å². The lowest BCUT2D eigenvalue weighted by atomic mass is 9.90. The van der Waals surface area contributed by atoms with Crippen molar-refractivity contribution in [2.24, 2.45) is 11.8 Å². The number of cyclic esters (lactones) is 1. The summed E-state index contributed by atoms with van der Waals surface area (Å²) in [6.45, 7) is 6.39. The van der Waals surface area contributed by atoms with Crippen molar-refractivity contribution in [3.63, 3.8) is 0 Å². The lowest BCUT2D eigenvalue weighted by Crippen LogP contribution is -2.32. The van der Waals surface area contributed by atoms with E-state index in [1.807, 2.05) is 12.2 Å². The Balaban J connectivity index is 1.45. The van der Waals surface area contributed by atoms with E-state index in [0.717, 1.165) is 44.1 Å². The van der Waals surface area contributed by atoms with Crippen LogP contribution in [0.3, 0.4) is 0 Å². The van der Waals surface area contributed by atoms with Crippen molar-refractivity contribution >= 4 is 5.97 Å². The minimum Gasteiger partial charge on any atom is -0.456 e. The Morgan fingerprint density at radius 1 is 1.11 bits per heavy atom. The summed E-state index contributed by atoms with van der Waals surface area (Å²) < 4.78 is 17.7. The fourth-order valence-electron chi connectivity index (χ4n) is 5.57. The highest BCUT2D eigenvalue weighted by molar-refractivity contribution is 5.82. The van der Waals surface area contributed by atoms with E-state index in [1.165, 1.54) is 6.08 Å². The molecule has 3 heterocycles. The molecular weight excluding hydrogens is 456 g/mol. The Kier molecular flexibility index (Phi) is 9.77. The summed E-state index contributed by atoms with van der Waals surface area (Å²) in [5, 5.41) is 21.6. The average Bonchev–Trinajstić information content (AvgIpc) is 3.62. The number of aliphatic hydroxyl groups is 2. The molecule has 0 saturated carbocycles. The number of hydrogen-bond acceptors (Lipinski definition) is 6. The highest BCUT2D eigenvalue weighted by Crippen LogP contribution is 2.35. The molecule has 1 saturated heterocycles. The molecule has 4 rings (SSSR count). The van der Waals surface area contributed by atoms with E-state index in [0.29, 0.717) is 25.2 Å². The summed E-state index contributed by atoms with van der Waals surface area (Å²) in [5.74, 6) is 0.186. The molecule has 2 bridgehead atoms. The van der Waals surface area contributed by atoms with Gasteiger partial charge in [0.1, 0.15) is 18.3 Å². The van der Waals surface area contributed by atoms with Gasteiger partial charge in [-0.3, -0.25) is 0 Å². The van der Waals surface area contributed by atoms with Gasteiger partial charge >= 0.3 is 5.97 Å². The molecule has 1 fully saturated rings. The number of ether oxygens (including phenoxy) is 3. The van der Waals surface area contributed by atoms with Gasteiger partial charge in [0.05, 0.1) is 24.4 Å². The zero-order valence-electron chi connectivity index (χ0n) is 21.4. The Hall–Kier alpha value is -1.99. The van der Waals surface area contributed by atoms with E-state index in [2.05, 4.69) is 31.7 Å². The Morgan fingerprint density at radius 2 is 1.97 bits per heavy atom. The lowest BCUT2D eigenvalue weighted by molar-refractivity contribution is -0.148. The zero-order chi connectivity index (χ0) is 25.5. The third-order valence-electron chi connectivity index (χ3n) is 7.50. The number of epoxide rings is 1. The van der Waals surface area contributed by atoms with E-state index < -0.39 is 24.3 Å². The summed E-state index contributed by atoms with van der Waals surface area (Å²) in [7, 11) is 0. The third-order valence-corrected chi connectivity index (χ3v) is 7.50. The van der Waals surface area contributed by atoms with Crippen molar-refractivity contribution < 1.29 is 29.2 Å². The van der Waals surface area contributed by atoms with Gasteiger partial charge in [0.2, 0.25) is 0 Å². The quantitative estimate of drug-likeness (QED) is 0.332. The second-order valence-corrected chi connectivity index (χ2v) is 10.9. The second-order valence-electron chi connectivity index (χ2n) is 10.9. The van der Waals surface area contributed by atoms with Gasteiger partial charge in [-0.25, -0.2) is 4.79 Å². The first kappa shape index (κ1) is 27.1. The van der Waals surface area contributed by atoms with Gasteiger partial charge in [-0.1, -0.05) is 61.6 Å². The molecule has 1 aliphatic carbocycles. The molecule has 9 atom stereocenters. The molecule has 2 N–H and O–H groups in total. The Bertz CT molecular complexity index is 873. The summed E-state index contributed by atoms with van der Waals surface area (Å²) in [4.78, 5) is 12.6. The lowest BCUT2D eigenvalue weighted by Gasteiger charge is -2.28. The highest BCUT2D eigenvalue weighted by atomic mass is 16.6. The summed E-state index contributed by atoms with van der Waals surface area (Å²) in [6.07, 6.45) is 19.8. The second kappa shape index (κ2) is 13.0. The SMILES string of the molecule is C=C1CC(C)CC2CC=CC(C/C=C\C(=O)OC(C(O)/C=C/C3C=CCCC3)C[C@@H]3OC3[C@@H](O)C1)O2. The van der Waals surface area contributed by atoms with Crippen LogP contribution in [0.2, 0.25) is 0 Å². The van der Waals surface area contributed by atoms with Gasteiger partial charge < -0.3 is 24.4 Å². The maximum atomic E-state index is 12.6. The number of rotatable bonds is 3. The van der Waals surface area contributed by atoms with Crippen LogP contribution < -0.4 is 0 Å². The minimum absolute atomic E-state index is 0.0719. The predicted molar refractivity (Wildman–Crippen MR) is 139 cm³/mol. The molecule has 0 radical (unpaired) electrons. The molecule has 0 aromatic carbocycles. The van der Waals surface area contributed by atoms with Crippen LogP contribution in [0.4, 0.5) is 0 Å². The molecule has 0 amide bonds. The predicted octanol–water partition coefficient (Wildman–Crippen LogP) is 4.73. The highest BCUT2D eigenvalue weighted by Gasteiger charge is 2.46. The largest absolute Gasteiger partial charge is 0.456 e. The molecule has 0 aromatic heterocycles. The monoisotopic (exact) mass is 498 g/mol. The van der Waals surface area contributed by atoms with Crippen molar-refractivity contribution in [1.82, 2.24) is 0 Å². The first-order chi connectivity index (χ1) is 17.4. The Morgan fingerprint density at radius 3 is 2.78 bits per heavy atom. The zero-order valence-corrected chi connectivity index (χ0v) is 21.4. The molecule has 3 aliphatic heterocycles. The van der Waals surface area contributed by atoms with Gasteiger partial charge in [0.25, 0.3) is 0 Å². The summed E-state index contributed by atoms with van der Waals surface area (Å²) in [5.41, 5.74) is 1.00. The number of hydrogen-bond donors (Lipinski definition) is 2. The van der Waals surface area contributed by atoms with Crippen LogP contribution in [0.1, 0.15) is 64.7 Å². The molecule has 0 spiro atoms. The van der Waals surface area contributed by atoms with Crippen molar-refractivity contribution in [2.75, 3.05) is 0 Å². The first-order valence-corrected chi connectivity index (χ1v) is 13.6. The van der Waals surface area contributed by atoms with Crippen LogP contribution in [0.5, 0.6) is 0 Å². The molecule has 0 aromatic rings. The van der Waals surface area contributed by atoms with E-state index in [9.17, 15) is 15.0 Å². The van der Waals surface area contributed by atoms with Crippen molar-refractivity contribution in [3.8, 4) is 0 Å². The van der Waals surface area contributed by atoms with Crippen LogP contribution in [0.25, 0.3) is 0 Å². The van der Waals surface area contributed by atoms with Gasteiger partial charge in [0.15, 0.2) is 0 Å². The molecule has 6 heteroatoms. The van der Waals surface area contributed by atoms with E-state index in [-0.39, 0.29) is 30.3 Å². The van der Waals surface area contributed by atoms with Gasteiger partial charge in [-0.05, 0) is 63.2 Å². The fraction of sp³-hybridized carbons (Fsp3) is 0.633. The number of carbonyl (C=O) groups is 1. The van der Waals surface area contributed by atoms with Crippen LogP contribution in [0, 0.1) is 11.8 Å². The first-order valence-electron chi connectivity index (χ1n) is 13.6. The number of fused-ring (bicyclic) bond motifs is 3. The number of allylic oxidation sites excluding steroid dienone is 3. The summed E-state index contributed by atoms with van der Waals surface area (Å²) >= 11 is 0. The van der Waals surface area contributed by atoms with E-state index >= 15 is 0 Å². The van der Waals surface area contributed by atoms with Crippen LogP contribution in [0.15, 0.2) is 60.8 Å². The van der Waals surface area contributed by atoms with E-state index in [4.69, 9.17) is 14.2 Å². The number of aliphatic hydroxyl groups excluding tert-OH is 2. The normalized spacial score (nSPS) is 40.1. The van der Waals surface area contributed by atoms with Crippen LogP contribution in [-0.2, 0) is 19.0 Å². The van der Waals surface area contributed by atoms with Crippen molar-refractivity contribution in [3.05, 3.63) is 60.8 Å². The van der Waals surface area contributed by atoms with Crippen molar-refractivity contribution in [2.45, 2.75) is 107 Å². The van der Waals surface area contributed by atoms with Gasteiger partial charge in [0, 0.05) is 12.5 Å². The molecule has 7 unspecified atom stereocenters. The maximum absolute atomic E-state index is 12.6. The average molecular weight is 499 g/mol. The Labute approximate surface area is 215 Å². The topological polar surface area (TPSA) is 88.5 Å². The standard InChI is InChI=1S/C30H42O6/c1-20-16-21(2)18-26(32)30-28(36-30)19-27(25(31)15-14-22-8-4-3-5-9-22)35-29(33)13-7-11-23-10-6-12-24(17-20)34-23/h4,6-8,10,13-15,20,22-28,30-32H,2-3,5,9,11-12,16-19H2,1H3/b13-7-,15-14+/t20?,22?,23?,24?,25?,26-,27?,28-,30?/m0/s1. The number of esters is 1. The minimum atomic E-state index is -0.952. The third kappa shape index (κ3) is 8.27. The van der Waals surface area contributed by atoms with Crippen LogP contribution in [-0.4, -0.2) is 58.9 Å². The van der Waals surface area contributed by atoms with Gasteiger partial charge in [-0.15, -0.1) is 0 Å². The smallest absolute Gasteiger partial charge is 0.330 e. The molecule has 6 nitrogen and oxygen atoms in total. The molecule has 4 aliphatic rings. The molecular formula is C30H42O6. The summed E-state index contributed by atoms with van der Waals surface area (Å²) in [6, 6.07) is 0. The molecule has 36 heavy (non-hydrogen) atoms.